The van der Waals surface area contributed by atoms with Crippen LogP contribution in [0.1, 0.15) is 5.56 Å². The predicted octanol–water partition coefficient (Wildman–Crippen LogP) is 1.66. The van der Waals surface area contributed by atoms with Gasteiger partial charge in [0, 0.05) is 17.1 Å². The molecule has 0 aliphatic heterocycles. The van der Waals surface area contributed by atoms with Gasteiger partial charge in [0.2, 0.25) is 0 Å². The van der Waals surface area contributed by atoms with E-state index in [-0.39, 0.29) is 18.8 Å². The molecule has 0 atom stereocenters. The standard InChI is InChI=1S/C18H19N3O3/c1-11-3-2-4-14-15(11)7-16(21-18(14)24)12-5-6-17(19-8-12)20-13(9-22)10-23/h2-8,13,22-23H,9-10H2,1H3,(H,19,20)(H,21,24). The van der Waals surface area contributed by atoms with Crippen LogP contribution in [-0.4, -0.2) is 39.4 Å². The van der Waals surface area contributed by atoms with Crippen LogP contribution >= 0.6 is 0 Å². The van der Waals surface area contributed by atoms with E-state index in [0.717, 1.165) is 16.5 Å². The number of H-pyrrole nitrogens is 1. The number of aromatic nitrogens is 2. The summed E-state index contributed by atoms with van der Waals surface area (Å²) in [6.07, 6.45) is 1.64. The number of hydrogen-bond donors (Lipinski definition) is 4. The van der Waals surface area contributed by atoms with E-state index in [0.29, 0.717) is 16.9 Å². The van der Waals surface area contributed by atoms with Crippen LogP contribution in [0.25, 0.3) is 22.0 Å². The van der Waals surface area contributed by atoms with Crippen molar-refractivity contribution in [3.8, 4) is 11.3 Å². The highest BCUT2D eigenvalue weighted by Gasteiger charge is 2.08. The van der Waals surface area contributed by atoms with Crippen LogP contribution in [0.3, 0.4) is 0 Å². The molecule has 6 heteroatoms. The Balaban J connectivity index is 1.96. The van der Waals surface area contributed by atoms with Crippen molar-refractivity contribution in [2.45, 2.75) is 13.0 Å². The van der Waals surface area contributed by atoms with Crippen molar-refractivity contribution >= 4 is 16.6 Å². The van der Waals surface area contributed by atoms with E-state index in [2.05, 4.69) is 15.3 Å². The number of fused-ring (bicyclic) bond motifs is 1. The molecule has 0 amide bonds. The number of nitrogens with zero attached hydrogens (tertiary/aromatic N) is 1. The quantitative estimate of drug-likeness (QED) is 0.572. The number of aryl methyl sites for hydroxylation is 1. The molecule has 0 spiro atoms. The molecule has 0 saturated carbocycles. The van der Waals surface area contributed by atoms with Gasteiger partial charge in [-0.05, 0) is 42.1 Å². The van der Waals surface area contributed by atoms with Crippen LogP contribution in [0.4, 0.5) is 5.82 Å². The summed E-state index contributed by atoms with van der Waals surface area (Å²) in [5, 5.41) is 22.7. The third-order valence-electron chi connectivity index (χ3n) is 3.97. The summed E-state index contributed by atoms with van der Waals surface area (Å²) >= 11 is 0. The van der Waals surface area contributed by atoms with E-state index < -0.39 is 6.04 Å². The molecular formula is C18H19N3O3. The van der Waals surface area contributed by atoms with Crippen LogP contribution in [0.2, 0.25) is 0 Å². The largest absolute Gasteiger partial charge is 0.394 e. The second kappa shape index (κ2) is 6.82. The highest BCUT2D eigenvalue weighted by atomic mass is 16.3. The number of aliphatic hydroxyl groups is 2. The Morgan fingerprint density at radius 1 is 1.17 bits per heavy atom. The second-order valence-corrected chi connectivity index (χ2v) is 5.69. The molecule has 0 aliphatic carbocycles. The van der Waals surface area contributed by atoms with Gasteiger partial charge in [-0.1, -0.05) is 12.1 Å². The smallest absolute Gasteiger partial charge is 0.256 e. The van der Waals surface area contributed by atoms with E-state index in [9.17, 15) is 4.79 Å². The summed E-state index contributed by atoms with van der Waals surface area (Å²) in [7, 11) is 0. The van der Waals surface area contributed by atoms with Crippen LogP contribution in [0.5, 0.6) is 0 Å². The topological polar surface area (TPSA) is 98.2 Å². The summed E-state index contributed by atoms with van der Waals surface area (Å²) in [6.45, 7) is 1.61. The predicted molar refractivity (Wildman–Crippen MR) is 94.1 cm³/mol. The maximum atomic E-state index is 12.3. The Morgan fingerprint density at radius 2 is 1.96 bits per heavy atom. The first-order valence-electron chi connectivity index (χ1n) is 7.69. The molecule has 6 nitrogen and oxygen atoms in total. The lowest BCUT2D eigenvalue weighted by Gasteiger charge is -2.14. The minimum atomic E-state index is -0.452. The van der Waals surface area contributed by atoms with Gasteiger partial charge in [-0.15, -0.1) is 0 Å². The first-order valence-corrected chi connectivity index (χ1v) is 7.69. The van der Waals surface area contributed by atoms with E-state index in [1.807, 2.05) is 31.2 Å². The van der Waals surface area contributed by atoms with Crippen LogP contribution in [0, 0.1) is 6.92 Å². The summed E-state index contributed by atoms with van der Waals surface area (Å²) in [6, 6.07) is 10.7. The number of aliphatic hydroxyl groups excluding tert-OH is 2. The molecule has 0 bridgehead atoms. The lowest BCUT2D eigenvalue weighted by atomic mass is 10.0. The Labute approximate surface area is 138 Å². The van der Waals surface area contributed by atoms with Gasteiger partial charge < -0.3 is 20.5 Å². The minimum Gasteiger partial charge on any atom is -0.394 e. The zero-order valence-corrected chi connectivity index (χ0v) is 13.3. The van der Waals surface area contributed by atoms with Crippen molar-refractivity contribution in [3.63, 3.8) is 0 Å². The first-order chi connectivity index (χ1) is 11.6. The lowest BCUT2D eigenvalue weighted by Crippen LogP contribution is -2.28. The molecule has 0 radical (unpaired) electrons. The van der Waals surface area contributed by atoms with E-state index in [4.69, 9.17) is 10.2 Å². The normalized spacial score (nSPS) is 11.2. The molecule has 3 rings (SSSR count). The zero-order valence-electron chi connectivity index (χ0n) is 13.3. The lowest BCUT2D eigenvalue weighted by molar-refractivity contribution is 0.203. The van der Waals surface area contributed by atoms with E-state index >= 15 is 0 Å². The molecule has 1 aromatic carbocycles. The fourth-order valence-corrected chi connectivity index (χ4v) is 2.59. The van der Waals surface area contributed by atoms with Crippen molar-refractivity contribution in [1.82, 2.24) is 9.97 Å². The van der Waals surface area contributed by atoms with Gasteiger partial charge in [0.1, 0.15) is 5.82 Å². The Hall–Kier alpha value is -2.70. The van der Waals surface area contributed by atoms with Crippen LogP contribution in [-0.2, 0) is 0 Å². The first kappa shape index (κ1) is 16.2. The number of nitrogens with one attached hydrogen (secondary N) is 2. The Kier molecular flexibility index (Phi) is 4.59. The molecule has 4 N–H and O–H groups in total. The number of rotatable bonds is 5. The summed E-state index contributed by atoms with van der Waals surface area (Å²) in [4.78, 5) is 19.4. The minimum absolute atomic E-state index is 0.131. The summed E-state index contributed by atoms with van der Waals surface area (Å²) in [5.74, 6) is 0.547. The van der Waals surface area contributed by atoms with Crippen molar-refractivity contribution in [2.75, 3.05) is 18.5 Å². The molecule has 0 aliphatic rings. The SMILES string of the molecule is Cc1cccc2c(=O)[nH]c(-c3ccc(NC(CO)CO)nc3)cc12. The number of benzene rings is 1. The average Bonchev–Trinajstić information content (AvgIpc) is 2.61. The molecule has 2 heterocycles. The third kappa shape index (κ3) is 3.15. The van der Waals surface area contributed by atoms with E-state index in [1.165, 1.54) is 0 Å². The molecule has 0 fully saturated rings. The van der Waals surface area contributed by atoms with Gasteiger partial charge in [-0.3, -0.25) is 4.79 Å². The van der Waals surface area contributed by atoms with Crippen LogP contribution < -0.4 is 10.9 Å². The van der Waals surface area contributed by atoms with Crippen molar-refractivity contribution < 1.29 is 10.2 Å². The number of anilines is 1. The molecule has 0 saturated heterocycles. The fourth-order valence-electron chi connectivity index (χ4n) is 2.59. The fraction of sp³-hybridized carbons (Fsp3) is 0.222. The van der Waals surface area contributed by atoms with Gasteiger partial charge in [0.05, 0.1) is 24.9 Å². The molecular weight excluding hydrogens is 306 g/mol. The highest BCUT2D eigenvalue weighted by molar-refractivity contribution is 5.87. The molecule has 0 unspecified atom stereocenters. The van der Waals surface area contributed by atoms with Crippen molar-refractivity contribution in [3.05, 3.63) is 58.5 Å². The average molecular weight is 325 g/mol. The zero-order chi connectivity index (χ0) is 17.1. The number of aromatic amines is 1. The van der Waals surface area contributed by atoms with Gasteiger partial charge >= 0.3 is 0 Å². The number of pyridine rings is 2. The maximum absolute atomic E-state index is 12.3. The summed E-state index contributed by atoms with van der Waals surface area (Å²) in [5.41, 5.74) is 2.39. The third-order valence-corrected chi connectivity index (χ3v) is 3.97. The molecule has 3 aromatic rings. The maximum Gasteiger partial charge on any atom is 0.256 e. The van der Waals surface area contributed by atoms with Gasteiger partial charge in [0.25, 0.3) is 5.56 Å². The Bertz CT molecular complexity index is 900. The van der Waals surface area contributed by atoms with Gasteiger partial charge in [-0.25, -0.2) is 4.98 Å². The second-order valence-electron chi connectivity index (χ2n) is 5.69. The highest BCUT2D eigenvalue weighted by Crippen LogP contribution is 2.22. The molecule has 124 valence electrons. The number of hydrogen-bond acceptors (Lipinski definition) is 5. The van der Waals surface area contributed by atoms with Gasteiger partial charge in [-0.2, -0.15) is 0 Å². The van der Waals surface area contributed by atoms with E-state index in [1.54, 1.807) is 18.3 Å². The molecule has 24 heavy (non-hydrogen) atoms. The molecule has 2 aromatic heterocycles. The van der Waals surface area contributed by atoms with Gasteiger partial charge in [0.15, 0.2) is 0 Å². The summed E-state index contributed by atoms with van der Waals surface area (Å²) < 4.78 is 0. The van der Waals surface area contributed by atoms with Crippen molar-refractivity contribution in [2.24, 2.45) is 0 Å². The van der Waals surface area contributed by atoms with Crippen LogP contribution in [0.15, 0.2) is 47.4 Å². The monoisotopic (exact) mass is 325 g/mol. The van der Waals surface area contributed by atoms with Crippen molar-refractivity contribution in [1.29, 1.82) is 0 Å². The Morgan fingerprint density at radius 3 is 2.62 bits per heavy atom.